The van der Waals surface area contributed by atoms with Gasteiger partial charge in [-0.25, -0.2) is 13.9 Å². The summed E-state index contributed by atoms with van der Waals surface area (Å²) in [6.45, 7) is 5.56. The van der Waals surface area contributed by atoms with E-state index in [0.717, 1.165) is 34.4 Å². The molecule has 0 unspecified atom stereocenters. The molecule has 0 aliphatic carbocycles. The third-order valence-corrected chi connectivity index (χ3v) is 5.32. The maximum absolute atomic E-state index is 13.0. The van der Waals surface area contributed by atoms with Gasteiger partial charge in [0.2, 0.25) is 10.1 Å². The Morgan fingerprint density at radius 3 is 2.92 bits per heavy atom. The smallest absolute Gasteiger partial charge is 0.214 e. The van der Waals surface area contributed by atoms with Crippen molar-refractivity contribution in [1.29, 1.82) is 0 Å². The second-order valence-corrected chi connectivity index (χ2v) is 7.10. The average molecular weight is 345 g/mol. The van der Waals surface area contributed by atoms with Crippen LogP contribution in [-0.4, -0.2) is 45.2 Å². The molecule has 0 radical (unpaired) electrons. The lowest BCUT2D eigenvalue weighted by atomic mass is 10.1. The van der Waals surface area contributed by atoms with Crippen LogP contribution in [0.15, 0.2) is 30.5 Å². The molecule has 1 N–H and O–H groups in total. The second kappa shape index (κ2) is 6.49. The molecule has 24 heavy (non-hydrogen) atoms. The number of aromatic nitrogens is 3. The molecule has 7 heteroatoms. The number of halogens is 1. The molecule has 1 fully saturated rings. The van der Waals surface area contributed by atoms with Crippen LogP contribution < -0.4 is 5.32 Å². The van der Waals surface area contributed by atoms with Crippen LogP contribution >= 0.6 is 11.3 Å². The number of imidazole rings is 1. The normalized spacial score (nSPS) is 19.0. The lowest BCUT2D eigenvalue weighted by Crippen LogP contribution is -2.41. The van der Waals surface area contributed by atoms with Gasteiger partial charge >= 0.3 is 0 Å². The van der Waals surface area contributed by atoms with Crippen molar-refractivity contribution in [3.8, 4) is 11.3 Å². The van der Waals surface area contributed by atoms with Crippen LogP contribution in [0.25, 0.3) is 16.2 Å². The summed E-state index contributed by atoms with van der Waals surface area (Å²) in [4.78, 5) is 7.92. The number of benzene rings is 1. The molecule has 1 aliphatic rings. The van der Waals surface area contributed by atoms with Gasteiger partial charge in [0.25, 0.3) is 0 Å². The standard InChI is InChI=1S/C17H20FN5S/c1-2-22-9-3-4-14(10-22)19-16-21-23-11-15(20-17(23)24-16)12-5-7-13(18)8-6-12/h5-8,11,14H,2-4,9-10H2,1H3,(H,19,21)/t14-/m1/s1. The topological polar surface area (TPSA) is 45.5 Å². The van der Waals surface area contributed by atoms with Crippen molar-refractivity contribution in [2.75, 3.05) is 25.0 Å². The maximum atomic E-state index is 13.0. The summed E-state index contributed by atoms with van der Waals surface area (Å²) >= 11 is 1.56. The van der Waals surface area contributed by atoms with E-state index in [-0.39, 0.29) is 5.82 Å². The Morgan fingerprint density at radius 1 is 1.33 bits per heavy atom. The van der Waals surface area contributed by atoms with Crippen LogP contribution in [0.1, 0.15) is 19.8 Å². The van der Waals surface area contributed by atoms with Crippen LogP contribution in [0.3, 0.4) is 0 Å². The number of hydrogen-bond donors (Lipinski definition) is 1. The van der Waals surface area contributed by atoms with E-state index < -0.39 is 0 Å². The fourth-order valence-corrected chi connectivity index (χ4v) is 4.01. The molecule has 1 aliphatic heterocycles. The highest BCUT2D eigenvalue weighted by molar-refractivity contribution is 7.20. The van der Waals surface area contributed by atoms with E-state index in [1.807, 2.05) is 6.20 Å². The van der Waals surface area contributed by atoms with Gasteiger partial charge in [0.1, 0.15) is 5.82 Å². The van der Waals surface area contributed by atoms with Crippen molar-refractivity contribution in [3.05, 3.63) is 36.3 Å². The Balaban J connectivity index is 1.50. The highest BCUT2D eigenvalue weighted by Crippen LogP contribution is 2.26. The third-order valence-electron chi connectivity index (χ3n) is 4.46. The summed E-state index contributed by atoms with van der Waals surface area (Å²) in [5.74, 6) is -0.238. The summed E-state index contributed by atoms with van der Waals surface area (Å²) in [7, 11) is 0. The van der Waals surface area contributed by atoms with Crippen molar-refractivity contribution >= 4 is 21.4 Å². The molecule has 2 aromatic heterocycles. The Bertz CT molecular complexity index is 794. The van der Waals surface area contributed by atoms with Crippen molar-refractivity contribution < 1.29 is 4.39 Å². The number of anilines is 1. The van der Waals surface area contributed by atoms with Crippen LogP contribution in [0.2, 0.25) is 0 Å². The van der Waals surface area contributed by atoms with E-state index in [1.54, 1.807) is 28.0 Å². The van der Waals surface area contributed by atoms with Gasteiger partial charge < -0.3 is 10.2 Å². The van der Waals surface area contributed by atoms with Crippen molar-refractivity contribution in [2.45, 2.75) is 25.8 Å². The molecule has 1 atom stereocenters. The zero-order valence-electron chi connectivity index (χ0n) is 13.6. The predicted molar refractivity (Wildman–Crippen MR) is 95.0 cm³/mol. The number of nitrogens with one attached hydrogen (secondary N) is 1. The minimum absolute atomic E-state index is 0.238. The van der Waals surface area contributed by atoms with Gasteiger partial charge in [-0.15, -0.1) is 5.10 Å². The summed E-state index contributed by atoms with van der Waals surface area (Å²) in [6, 6.07) is 6.83. The number of fused-ring (bicyclic) bond motifs is 1. The van der Waals surface area contributed by atoms with Gasteiger partial charge in [0, 0.05) is 18.2 Å². The van der Waals surface area contributed by atoms with Crippen molar-refractivity contribution in [1.82, 2.24) is 19.5 Å². The van der Waals surface area contributed by atoms with E-state index in [0.29, 0.717) is 6.04 Å². The molecular formula is C17H20FN5S. The molecule has 126 valence electrons. The fourth-order valence-electron chi connectivity index (χ4n) is 3.15. The van der Waals surface area contributed by atoms with Gasteiger partial charge in [-0.05, 0) is 50.2 Å². The number of likely N-dealkylation sites (N-methyl/N-ethyl adjacent to an activating group) is 1. The summed E-state index contributed by atoms with van der Waals surface area (Å²) < 4.78 is 14.8. The van der Waals surface area contributed by atoms with Crippen molar-refractivity contribution in [3.63, 3.8) is 0 Å². The number of piperidine rings is 1. The van der Waals surface area contributed by atoms with Gasteiger partial charge in [0.05, 0.1) is 11.9 Å². The number of rotatable bonds is 4. The summed E-state index contributed by atoms with van der Waals surface area (Å²) in [5.41, 5.74) is 1.71. The largest absolute Gasteiger partial charge is 0.356 e. The van der Waals surface area contributed by atoms with Crippen LogP contribution in [0, 0.1) is 5.82 Å². The summed E-state index contributed by atoms with van der Waals surface area (Å²) in [6.07, 6.45) is 4.30. The molecular weight excluding hydrogens is 325 g/mol. The van der Waals surface area contributed by atoms with Gasteiger partial charge in [-0.2, -0.15) is 0 Å². The van der Waals surface area contributed by atoms with E-state index in [2.05, 4.69) is 27.2 Å². The first-order valence-corrected chi connectivity index (χ1v) is 9.14. The Kier molecular flexibility index (Phi) is 4.20. The SMILES string of the molecule is CCN1CCC[C@@H](Nc2nn3cc(-c4ccc(F)cc4)nc3s2)C1. The van der Waals surface area contributed by atoms with Crippen LogP contribution in [0.5, 0.6) is 0 Å². The van der Waals surface area contributed by atoms with E-state index in [9.17, 15) is 4.39 Å². The number of hydrogen-bond acceptors (Lipinski definition) is 5. The fraction of sp³-hybridized carbons (Fsp3) is 0.412. The average Bonchev–Trinajstić information content (AvgIpc) is 3.14. The van der Waals surface area contributed by atoms with Gasteiger partial charge in [0.15, 0.2) is 0 Å². The molecule has 3 heterocycles. The lowest BCUT2D eigenvalue weighted by Gasteiger charge is -2.31. The first kappa shape index (κ1) is 15.5. The van der Waals surface area contributed by atoms with Gasteiger partial charge in [-0.1, -0.05) is 18.3 Å². The van der Waals surface area contributed by atoms with Crippen LogP contribution in [-0.2, 0) is 0 Å². The molecule has 0 saturated carbocycles. The highest BCUT2D eigenvalue weighted by Gasteiger charge is 2.20. The van der Waals surface area contributed by atoms with E-state index in [4.69, 9.17) is 0 Å². The van der Waals surface area contributed by atoms with Crippen LogP contribution in [0.4, 0.5) is 9.52 Å². The Morgan fingerprint density at radius 2 is 2.17 bits per heavy atom. The minimum Gasteiger partial charge on any atom is -0.356 e. The van der Waals surface area contributed by atoms with E-state index >= 15 is 0 Å². The zero-order chi connectivity index (χ0) is 16.5. The molecule has 5 nitrogen and oxygen atoms in total. The van der Waals surface area contributed by atoms with E-state index in [1.165, 1.54) is 31.5 Å². The first-order chi connectivity index (χ1) is 11.7. The Labute approximate surface area is 144 Å². The zero-order valence-corrected chi connectivity index (χ0v) is 14.4. The van der Waals surface area contributed by atoms with Gasteiger partial charge in [-0.3, -0.25) is 0 Å². The third kappa shape index (κ3) is 3.14. The molecule has 0 bridgehead atoms. The molecule has 0 amide bonds. The number of likely N-dealkylation sites (tertiary alicyclic amines) is 1. The molecule has 4 rings (SSSR count). The molecule has 1 saturated heterocycles. The Hall–Kier alpha value is -1.99. The monoisotopic (exact) mass is 345 g/mol. The quantitative estimate of drug-likeness (QED) is 0.786. The predicted octanol–water partition coefficient (Wildman–Crippen LogP) is 3.49. The van der Waals surface area contributed by atoms with Crippen molar-refractivity contribution in [2.24, 2.45) is 0 Å². The first-order valence-electron chi connectivity index (χ1n) is 8.32. The second-order valence-electron chi connectivity index (χ2n) is 6.14. The minimum atomic E-state index is -0.238. The number of nitrogens with zero attached hydrogens (tertiary/aromatic N) is 4. The summed E-state index contributed by atoms with van der Waals surface area (Å²) in [5, 5.41) is 9.04. The molecule has 1 aromatic carbocycles. The molecule has 3 aromatic rings. The lowest BCUT2D eigenvalue weighted by molar-refractivity contribution is 0.227. The molecule has 0 spiro atoms. The highest BCUT2D eigenvalue weighted by atomic mass is 32.1. The maximum Gasteiger partial charge on any atom is 0.214 e.